The molecule has 0 amide bonds. The van der Waals surface area contributed by atoms with Gasteiger partial charge in [-0.1, -0.05) is 465 Å². The van der Waals surface area contributed by atoms with Gasteiger partial charge < -0.3 is 51.6 Å². The minimum atomic E-state index is -1.50. The zero-order valence-corrected chi connectivity index (χ0v) is 100. The number of unbranched alkanes of at least 4 members (excludes halogenated alkanes) is 15. The molecule has 0 aliphatic carbocycles. The molecule has 1 spiro atoms. The SMILES string of the molecule is C.C.CC(C)(C)c1ccc(OP)c(C(C)(C)C)c1.CC(C)(C)c1ccc(OP2OCC3(CO2)COP(c2ccc(C(C)(C)C)cc2C(C)(C)C)OC3)c(C(C)(C)C)c1.CCCCCCCCCCCCCCCCCCOC(=O)CCc1cc(C(C)(C)C)c(O)c(C(C)(C)C)c1.CCOC(=O)CC(C)c1cc(C(C)(C)C)c(O)c(C(C)(C)C)c1.Cc1ccc(C2COc3c2cc(C(C)(C)C)cc3C(C)(C)C)cc1C. The monoisotopic (exact) mass is 2050 g/mol. The summed E-state index contributed by atoms with van der Waals surface area (Å²) in [6.45, 7) is 93.4. The molecule has 3 heterocycles. The Kier molecular flexibility index (Phi) is 49.2. The van der Waals surface area contributed by atoms with Crippen molar-refractivity contribution in [2.24, 2.45) is 5.41 Å². The molecule has 0 aromatic heterocycles. The fourth-order valence-corrected chi connectivity index (χ4v) is 21.3. The minimum absolute atomic E-state index is 0. The molecular weight excluding hydrogens is 1840 g/mol. The second-order valence-corrected chi connectivity index (χ2v) is 56.4. The number of aryl methyl sites for hydroxylation is 3. The zero-order valence-electron chi connectivity index (χ0n) is 97.3. The van der Waals surface area contributed by atoms with Gasteiger partial charge in [0.1, 0.15) is 28.7 Å². The number of fused-ring (bicyclic) bond motifs is 1. The quantitative estimate of drug-likeness (QED) is 0.0260. The van der Waals surface area contributed by atoms with E-state index in [0.717, 1.165) is 75.6 Å². The van der Waals surface area contributed by atoms with E-state index in [1.807, 2.05) is 26.0 Å². The van der Waals surface area contributed by atoms with E-state index in [1.165, 1.54) is 156 Å². The van der Waals surface area contributed by atoms with Crippen molar-refractivity contribution in [1.82, 2.24) is 0 Å². The number of carbonyl (C=O) groups excluding carboxylic acids is 2. The van der Waals surface area contributed by atoms with E-state index in [2.05, 4.69) is 377 Å². The molecule has 0 bridgehead atoms. The van der Waals surface area contributed by atoms with Crippen LogP contribution in [0.15, 0.2) is 109 Å². The molecular formula is C128H207O13P3. The highest BCUT2D eigenvalue weighted by atomic mass is 31.2. The maximum Gasteiger partial charge on any atom is 0.397 e. The Labute approximate surface area is 886 Å². The molecule has 0 saturated carbocycles. The maximum atomic E-state index is 12.3. The zero-order chi connectivity index (χ0) is 107. The minimum Gasteiger partial charge on any atom is -0.507 e. The van der Waals surface area contributed by atoms with Crippen LogP contribution in [0.4, 0.5) is 0 Å². The topological polar surface area (TPSA) is 158 Å². The summed E-state index contributed by atoms with van der Waals surface area (Å²) in [6.07, 6.45) is 22.9. The molecule has 812 valence electrons. The first-order valence-corrected chi connectivity index (χ1v) is 56.6. The number of hydrogen-bond acceptors (Lipinski definition) is 13. The number of phenolic OH excluding ortho intramolecular Hbond substituents is 2. The van der Waals surface area contributed by atoms with Gasteiger partial charge in [0.2, 0.25) is 8.38 Å². The van der Waals surface area contributed by atoms with Crippen LogP contribution in [0.3, 0.4) is 0 Å². The van der Waals surface area contributed by atoms with Crippen LogP contribution in [0.5, 0.6) is 28.7 Å². The van der Waals surface area contributed by atoms with Gasteiger partial charge in [-0.05, 0) is 201 Å². The summed E-state index contributed by atoms with van der Waals surface area (Å²) >= 11 is 0. The Morgan fingerprint density at radius 1 is 0.403 bits per heavy atom. The van der Waals surface area contributed by atoms with Gasteiger partial charge in [-0.25, -0.2) is 0 Å². The standard InChI is InChI=1S/C35H62O3.C33H50O5P2.C24H32O.C20H32O3.C14H23OP.2CH4/c1-8-9-10-11-12-13-14-15-16-17-18-19-20-21-22-23-26-38-32(36)25-24-29-27-30(34(2,3)4)33(37)31(28-29)35(5,6)7;1-29(2,3)23-13-15-27(25(17-23)31(7,8)9)38-40-36-21-33(22-37-40)19-34-39(35-20-33)28-16-14-24(30(4,5)6)18-26(28)32(10,11)12;1-15-9-10-17(11-16(15)2)20-14-25-22-19(20)12-18(23(3,4)5)13-21(22)24(6,7)8;1-9-23-17(21)10-13(2)14-11-15(19(3,4)5)18(22)16(12-14)20(6,7)8;1-13(2,3)10-7-8-12(15-16)11(9-10)14(4,5)6;;/h27-28,37H,8-26H2,1-7H3;13-18H,19-22H2,1-12H3;9-13,20H,14H2,1-8H3;11-13,22H,9-10H2,1-8H3;7-9H,16H2,1-6H3;2*1H4. The van der Waals surface area contributed by atoms with E-state index >= 15 is 0 Å². The first-order chi connectivity index (χ1) is 65.3. The van der Waals surface area contributed by atoms with Gasteiger partial charge in [-0.2, -0.15) is 0 Å². The lowest BCUT2D eigenvalue weighted by Crippen LogP contribution is -2.45. The fourth-order valence-electron chi connectivity index (χ4n) is 17.9. The van der Waals surface area contributed by atoms with Crippen LogP contribution in [0.2, 0.25) is 0 Å². The van der Waals surface area contributed by atoms with Gasteiger partial charge in [-0.3, -0.25) is 9.59 Å². The third kappa shape index (κ3) is 40.1. The van der Waals surface area contributed by atoms with Crippen LogP contribution >= 0.6 is 26.4 Å². The number of esters is 2. The highest BCUT2D eigenvalue weighted by Gasteiger charge is 2.46. The van der Waals surface area contributed by atoms with Gasteiger partial charge in [0, 0.05) is 39.9 Å². The lowest BCUT2D eigenvalue weighted by atomic mass is 9.77. The van der Waals surface area contributed by atoms with E-state index in [9.17, 15) is 19.8 Å². The smallest absolute Gasteiger partial charge is 0.397 e. The largest absolute Gasteiger partial charge is 0.507 e. The van der Waals surface area contributed by atoms with Crippen LogP contribution in [0.1, 0.15) is 512 Å². The van der Waals surface area contributed by atoms with E-state index in [-0.39, 0.29) is 103 Å². The highest BCUT2D eigenvalue weighted by Crippen LogP contribution is 2.56. The molecule has 2 N–H and O–H groups in total. The number of benzene rings is 7. The molecule has 2 fully saturated rings. The summed E-state index contributed by atoms with van der Waals surface area (Å²) in [5.74, 6) is 3.74. The van der Waals surface area contributed by atoms with E-state index in [0.29, 0.717) is 76.3 Å². The van der Waals surface area contributed by atoms with Crippen molar-refractivity contribution in [2.45, 2.75) is 498 Å². The van der Waals surface area contributed by atoms with Gasteiger partial charge in [0.15, 0.2) is 0 Å². The molecule has 3 atom stereocenters. The van der Waals surface area contributed by atoms with Crippen LogP contribution in [0.25, 0.3) is 0 Å². The first kappa shape index (κ1) is 130. The average molecular weight is 2050 g/mol. The Morgan fingerprint density at radius 3 is 1.17 bits per heavy atom. The fraction of sp³-hybridized carbons (Fsp3) is 0.656. The van der Waals surface area contributed by atoms with Crippen molar-refractivity contribution in [3.63, 3.8) is 0 Å². The van der Waals surface area contributed by atoms with E-state index in [4.69, 9.17) is 41.4 Å². The summed E-state index contributed by atoms with van der Waals surface area (Å²) in [7, 11) is -0.333. The third-order valence-corrected chi connectivity index (χ3v) is 30.4. The number of rotatable bonds is 29. The predicted molar refractivity (Wildman–Crippen MR) is 622 cm³/mol. The van der Waals surface area contributed by atoms with Crippen molar-refractivity contribution in [3.05, 3.63) is 209 Å². The summed E-state index contributed by atoms with van der Waals surface area (Å²) in [5, 5.41) is 22.8. The molecule has 144 heavy (non-hydrogen) atoms. The number of hydrogen-bond donors (Lipinski definition) is 2. The van der Waals surface area contributed by atoms with Gasteiger partial charge in [-0.15, -0.1) is 0 Å². The predicted octanol–water partition coefficient (Wildman–Crippen LogP) is 37.1. The van der Waals surface area contributed by atoms with Crippen LogP contribution < -0.4 is 19.1 Å². The third-order valence-electron chi connectivity index (χ3n) is 27.7. The van der Waals surface area contributed by atoms with Crippen molar-refractivity contribution in [2.75, 3.05) is 46.2 Å². The number of ether oxygens (including phenoxy) is 3. The summed E-state index contributed by atoms with van der Waals surface area (Å²) in [4.78, 5) is 24.1. The highest BCUT2D eigenvalue weighted by molar-refractivity contribution is 7.56. The van der Waals surface area contributed by atoms with Crippen molar-refractivity contribution < 1.29 is 61.2 Å². The average Bonchev–Trinajstić information content (AvgIpc) is 1.69. The molecule has 2 saturated heterocycles. The Morgan fingerprint density at radius 2 is 0.778 bits per heavy atom. The van der Waals surface area contributed by atoms with Gasteiger partial charge in [0.25, 0.3) is 0 Å². The van der Waals surface area contributed by atoms with Crippen LogP contribution in [0, 0.1) is 19.3 Å². The summed E-state index contributed by atoms with van der Waals surface area (Å²) < 4.78 is 53.8. The molecule has 16 heteroatoms. The summed E-state index contributed by atoms with van der Waals surface area (Å²) in [5.41, 5.74) is 21.4. The maximum absolute atomic E-state index is 12.3. The molecule has 3 unspecified atom stereocenters. The molecule has 3 aliphatic heterocycles. The second-order valence-electron chi connectivity index (χ2n) is 53.5. The summed E-state index contributed by atoms with van der Waals surface area (Å²) in [6, 6.07) is 39.5. The van der Waals surface area contributed by atoms with Crippen molar-refractivity contribution >= 4 is 43.7 Å². The number of phenols is 2. The lowest BCUT2D eigenvalue weighted by molar-refractivity contribution is -0.144. The molecule has 7 aromatic rings. The number of carbonyl (C=O) groups is 2. The van der Waals surface area contributed by atoms with Crippen LogP contribution in [-0.2, 0) is 109 Å². The Bertz CT molecular complexity index is 5050. The second kappa shape index (κ2) is 54.5. The van der Waals surface area contributed by atoms with Gasteiger partial charge >= 0.3 is 20.5 Å². The molecule has 10 rings (SSSR count). The molecule has 0 radical (unpaired) electrons. The van der Waals surface area contributed by atoms with Crippen LogP contribution in [-0.4, -0.2) is 68.4 Å². The Hall–Kier alpha value is -6.39. The lowest BCUT2D eigenvalue weighted by Gasteiger charge is -2.43. The normalized spacial score (nSPS) is 16.7. The van der Waals surface area contributed by atoms with E-state index in [1.54, 1.807) is 0 Å². The first-order valence-electron chi connectivity index (χ1n) is 53.8. The van der Waals surface area contributed by atoms with E-state index < -0.39 is 17.0 Å². The Balaban J connectivity index is 0.000000386. The van der Waals surface area contributed by atoms with Crippen molar-refractivity contribution in [3.8, 4) is 28.7 Å². The molecule has 13 nitrogen and oxygen atoms in total. The number of aromatic hydroxyl groups is 2. The van der Waals surface area contributed by atoms with Gasteiger partial charge in [0.05, 0.1) is 67.6 Å². The molecule has 7 aromatic carbocycles. The molecule has 3 aliphatic rings. The van der Waals surface area contributed by atoms with Crippen molar-refractivity contribution in [1.29, 1.82) is 0 Å².